The Morgan fingerprint density at radius 2 is 2.00 bits per heavy atom. The Hall–Kier alpha value is -2.81. The highest BCUT2D eigenvalue weighted by atomic mass is 32.2. The molecular weight excluding hydrogens is 378 g/mol. The zero-order chi connectivity index (χ0) is 20.3. The van der Waals surface area contributed by atoms with Gasteiger partial charge in [0.2, 0.25) is 11.8 Å². The van der Waals surface area contributed by atoms with Gasteiger partial charge in [-0.05, 0) is 38.5 Å². The molecule has 8 nitrogen and oxygen atoms in total. The summed E-state index contributed by atoms with van der Waals surface area (Å²) in [4.78, 5) is 12.5. The number of nitrogens with zero attached hydrogens (tertiary/aromatic N) is 4. The molecule has 3 aromatic rings. The average molecular weight is 401 g/mol. The number of thioether (sulfide) groups is 1. The summed E-state index contributed by atoms with van der Waals surface area (Å²) >= 11 is 1.23. The van der Waals surface area contributed by atoms with Gasteiger partial charge in [0.1, 0.15) is 5.75 Å². The molecule has 1 atom stereocenters. The molecule has 1 aromatic carbocycles. The number of rotatable bonds is 7. The van der Waals surface area contributed by atoms with Crippen LogP contribution in [0.3, 0.4) is 0 Å². The number of carbonyl (C=O) groups excluding carboxylic acids is 1. The molecule has 0 saturated carbocycles. The maximum absolute atomic E-state index is 12.5. The summed E-state index contributed by atoms with van der Waals surface area (Å²) in [5, 5.41) is 15.3. The lowest BCUT2D eigenvalue weighted by atomic mass is 10.1. The number of ether oxygens (including phenoxy) is 1. The van der Waals surface area contributed by atoms with Crippen LogP contribution >= 0.6 is 11.8 Å². The Balaban J connectivity index is 1.59. The first-order valence-corrected chi connectivity index (χ1v) is 9.68. The van der Waals surface area contributed by atoms with Crippen molar-refractivity contribution in [2.24, 2.45) is 7.05 Å². The zero-order valence-corrected chi connectivity index (χ0v) is 17.3. The molecule has 0 aliphatic carbocycles. The lowest BCUT2D eigenvalue weighted by molar-refractivity contribution is -0.115. The molecule has 3 rings (SSSR count). The van der Waals surface area contributed by atoms with Gasteiger partial charge in [0.15, 0.2) is 0 Å². The summed E-state index contributed by atoms with van der Waals surface area (Å²) in [6, 6.07) is 7.67. The van der Waals surface area contributed by atoms with Crippen molar-refractivity contribution in [2.45, 2.75) is 37.7 Å². The highest BCUT2D eigenvalue weighted by molar-refractivity contribution is 8.00. The second-order valence-electron chi connectivity index (χ2n) is 6.41. The summed E-state index contributed by atoms with van der Waals surface area (Å²) in [6.07, 6.45) is 0.520. The van der Waals surface area contributed by atoms with E-state index in [-0.39, 0.29) is 5.91 Å². The third-order valence-electron chi connectivity index (χ3n) is 4.37. The van der Waals surface area contributed by atoms with Gasteiger partial charge in [0.25, 0.3) is 5.22 Å². The molecule has 1 amide bonds. The van der Waals surface area contributed by atoms with Crippen LogP contribution in [0.15, 0.2) is 33.9 Å². The lowest BCUT2D eigenvalue weighted by Gasteiger charge is -2.10. The average Bonchev–Trinajstić information content (AvgIpc) is 3.21. The monoisotopic (exact) mass is 401 g/mol. The van der Waals surface area contributed by atoms with Crippen molar-refractivity contribution in [3.8, 4) is 5.75 Å². The first kappa shape index (κ1) is 19.9. The van der Waals surface area contributed by atoms with Crippen molar-refractivity contribution >= 4 is 23.4 Å². The van der Waals surface area contributed by atoms with E-state index in [4.69, 9.17) is 9.15 Å². The van der Waals surface area contributed by atoms with Crippen LogP contribution < -0.4 is 10.1 Å². The van der Waals surface area contributed by atoms with Gasteiger partial charge in [-0.2, -0.15) is 5.10 Å². The molecule has 0 spiro atoms. The summed E-state index contributed by atoms with van der Waals surface area (Å²) in [6.45, 7) is 5.58. The first-order chi connectivity index (χ1) is 13.4. The van der Waals surface area contributed by atoms with Gasteiger partial charge in [0, 0.05) is 7.05 Å². The van der Waals surface area contributed by atoms with E-state index in [9.17, 15) is 4.79 Å². The number of hydrogen-bond donors (Lipinski definition) is 1. The number of hydrogen-bond acceptors (Lipinski definition) is 7. The molecule has 1 N–H and O–H groups in total. The molecule has 0 aliphatic heterocycles. The van der Waals surface area contributed by atoms with Gasteiger partial charge in [0.05, 0.1) is 35.9 Å². The van der Waals surface area contributed by atoms with Crippen molar-refractivity contribution < 1.29 is 13.9 Å². The molecule has 0 fully saturated rings. The molecule has 28 heavy (non-hydrogen) atoms. The van der Waals surface area contributed by atoms with Gasteiger partial charge in [-0.15, -0.1) is 10.2 Å². The highest BCUT2D eigenvalue weighted by Crippen LogP contribution is 2.25. The Labute approximate surface area is 167 Å². The van der Waals surface area contributed by atoms with Gasteiger partial charge in [-0.3, -0.25) is 9.48 Å². The number of carbonyl (C=O) groups is 1. The van der Waals surface area contributed by atoms with E-state index < -0.39 is 5.25 Å². The lowest BCUT2D eigenvalue weighted by Crippen LogP contribution is -2.23. The number of amides is 1. The molecule has 0 unspecified atom stereocenters. The van der Waals surface area contributed by atoms with Gasteiger partial charge in [-0.1, -0.05) is 23.9 Å². The first-order valence-electron chi connectivity index (χ1n) is 8.80. The van der Waals surface area contributed by atoms with Gasteiger partial charge in [-0.25, -0.2) is 0 Å². The standard InChI is InChI=1S/C19H23N5O3S/c1-11-17(12(2)24(4)23-11)20-18(25)13(3)28-19-22-21-16(27-19)10-14-6-8-15(26-5)9-7-14/h6-9,13H,10H2,1-5H3,(H,20,25)/t13-/m0/s1. The minimum atomic E-state index is -0.395. The zero-order valence-electron chi connectivity index (χ0n) is 16.5. The van der Waals surface area contributed by atoms with Crippen molar-refractivity contribution in [2.75, 3.05) is 12.4 Å². The highest BCUT2D eigenvalue weighted by Gasteiger charge is 2.21. The predicted octanol–water partition coefficient (Wildman–Crippen LogP) is 3.14. The number of anilines is 1. The molecule has 9 heteroatoms. The number of benzene rings is 1. The molecule has 0 radical (unpaired) electrons. The maximum atomic E-state index is 12.5. The van der Waals surface area contributed by atoms with Crippen LogP contribution in [0.2, 0.25) is 0 Å². The molecule has 2 aromatic heterocycles. The molecule has 0 saturated heterocycles. The smallest absolute Gasteiger partial charge is 0.277 e. The fourth-order valence-electron chi connectivity index (χ4n) is 2.66. The van der Waals surface area contributed by atoms with Crippen LogP contribution in [-0.2, 0) is 18.3 Å². The van der Waals surface area contributed by atoms with E-state index in [1.165, 1.54) is 11.8 Å². The van der Waals surface area contributed by atoms with Crippen molar-refractivity contribution in [3.05, 3.63) is 47.1 Å². The molecule has 0 bridgehead atoms. The maximum Gasteiger partial charge on any atom is 0.277 e. The van der Waals surface area contributed by atoms with Crippen LogP contribution in [0.4, 0.5) is 5.69 Å². The summed E-state index contributed by atoms with van der Waals surface area (Å²) in [5.74, 6) is 1.16. The van der Waals surface area contributed by atoms with E-state index in [0.717, 1.165) is 28.4 Å². The summed E-state index contributed by atoms with van der Waals surface area (Å²) < 4.78 is 12.6. The molecule has 2 heterocycles. The Morgan fingerprint density at radius 3 is 2.61 bits per heavy atom. The second kappa shape index (κ2) is 8.47. The van der Waals surface area contributed by atoms with Gasteiger partial charge < -0.3 is 14.5 Å². The van der Waals surface area contributed by atoms with Crippen LogP contribution in [0.5, 0.6) is 5.75 Å². The van der Waals surface area contributed by atoms with Crippen LogP contribution in [0.1, 0.15) is 29.8 Å². The van der Waals surface area contributed by atoms with E-state index in [0.29, 0.717) is 17.5 Å². The number of aryl methyl sites for hydroxylation is 2. The third-order valence-corrected chi connectivity index (χ3v) is 5.30. The number of nitrogens with one attached hydrogen (secondary N) is 1. The van der Waals surface area contributed by atoms with Gasteiger partial charge >= 0.3 is 0 Å². The predicted molar refractivity (Wildman–Crippen MR) is 107 cm³/mol. The van der Waals surface area contributed by atoms with E-state index >= 15 is 0 Å². The number of aromatic nitrogens is 4. The van der Waals surface area contributed by atoms with Crippen molar-refractivity contribution in [3.63, 3.8) is 0 Å². The molecule has 0 aliphatic rings. The van der Waals surface area contributed by atoms with Crippen molar-refractivity contribution in [1.29, 1.82) is 0 Å². The second-order valence-corrected chi connectivity index (χ2v) is 7.70. The van der Waals surface area contributed by atoms with Crippen LogP contribution in [0, 0.1) is 13.8 Å². The summed E-state index contributed by atoms with van der Waals surface area (Å²) in [5.41, 5.74) is 3.47. The quantitative estimate of drug-likeness (QED) is 0.608. The normalized spacial score (nSPS) is 12.0. The topological polar surface area (TPSA) is 95.1 Å². The third kappa shape index (κ3) is 4.53. The summed E-state index contributed by atoms with van der Waals surface area (Å²) in [7, 11) is 3.48. The Bertz CT molecular complexity index is 965. The van der Waals surface area contributed by atoms with Crippen LogP contribution in [0.25, 0.3) is 0 Å². The fraction of sp³-hybridized carbons (Fsp3) is 0.368. The largest absolute Gasteiger partial charge is 0.497 e. The molecular formula is C19H23N5O3S. The molecule has 148 valence electrons. The van der Waals surface area contributed by atoms with E-state index in [1.807, 2.05) is 45.2 Å². The van der Waals surface area contributed by atoms with Crippen molar-refractivity contribution in [1.82, 2.24) is 20.0 Å². The van der Waals surface area contributed by atoms with E-state index in [1.54, 1.807) is 18.7 Å². The number of methoxy groups -OCH3 is 1. The minimum Gasteiger partial charge on any atom is -0.497 e. The minimum absolute atomic E-state index is 0.140. The van der Waals surface area contributed by atoms with Crippen LogP contribution in [-0.4, -0.2) is 38.2 Å². The fourth-order valence-corrected chi connectivity index (χ4v) is 3.36. The Morgan fingerprint density at radius 1 is 1.29 bits per heavy atom. The van der Waals surface area contributed by atoms with E-state index in [2.05, 4.69) is 20.6 Å². The SMILES string of the molecule is COc1ccc(Cc2nnc(S[C@@H](C)C(=O)Nc3c(C)nn(C)c3C)o2)cc1. The Kier molecular flexibility index (Phi) is 6.03.